The summed E-state index contributed by atoms with van der Waals surface area (Å²) in [5.41, 5.74) is -0.913. The number of alkyl halides is 2. The van der Waals surface area contributed by atoms with Crippen molar-refractivity contribution in [2.45, 2.75) is 12.8 Å². The maximum Gasteiger partial charge on any atom is 0.438 e. The molecule has 1 aromatic heterocycles. The highest BCUT2D eigenvalue weighted by atomic mass is 19.3. The van der Waals surface area contributed by atoms with Crippen molar-refractivity contribution in [3.63, 3.8) is 0 Å². The second-order valence-corrected chi connectivity index (χ2v) is 4.08. The highest BCUT2D eigenvalue weighted by Gasteiger charge is 2.16. The molecular formula is C12H10F3N3O3. The van der Waals surface area contributed by atoms with Gasteiger partial charge in [0.2, 0.25) is 0 Å². The number of rotatable bonds is 5. The molecule has 9 heteroatoms. The van der Waals surface area contributed by atoms with E-state index in [9.17, 15) is 22.8 Å². The van der Waals surface area contributed by atoms with Crippen molar-refractivity contribution in [1.82, 2.24) is 15.5 Å². The van der Waals surface area contributed by atoms with Crippen LogP contribution in [0.1, 0.15) is 28.2 Å². The minimum Gasteiger partial charge on any atom is -0.352 e. The number of aromatic nitrogens is 2. The molecule has 0 atom stereocenters. The van der Waals surface area contributed by atoms with Crippen LogP contribution in [0.3, 0.4) is 0 Å². The Kier molecular flexibility index (Phi) is 4.41. The van der Waals surface area contributed by atoms with Gasteiger partial charge >= 0.3 is 5.76 Å². The van der Waals surface area contributed by atoms with Crippen LogP contribution in [0.5, 0.6) is 0 Å². The van der Waals surface area contributed by atoms with Crippen LogP contribution in [0, 0.1) is 5.82 Å². The van der Waals surface area contributed by atoms with Crippen molar-refractivity contribution in [2.75, 3.05) is 6.54 Å². The number of benzene rings is 1. The van der Waals surface area contributed by atoms with E-state index in [0.717, 1.165) is 18.2 Å². The van der Waals surface area contributed by atoms with E-state index in [1.54, 1.807) is 0 Å². The summed E-state index contributed by atoms with van der Waals surface area (Å²) in [5.74, 6) is -2.17. The average Bonchev–Trinajstić information content (AvgIpc) is 2.84. The number of hydrogen-bond donors (Lipinski definition) is 2. The van der Waals surface area contributed by atoms with Crippen LogP contribution in [0.2, 0.25) is 0 Å². The van der Waals surface area contributed by atoms with Crippen LogP contribution in [0.15, 0.2) is 27.5 Å². The molecule has 0 aliphatic rings. The summed E-state index contributed by atoms with van der Waals surface area (Å²) in [5, 5.41) is 5.82. The molecule has 0 fully saturated rings. The summed E-state index contributed by atoms with van der Waals surface area (Å²) in [7, 11) is 0. The Morgan fingerprint density at radius 1 is 1.43 bits per heavy atom. The molecule has 1 amide bonds. The van der Waals surface area contributed by atoms with Crippen LogP contribution in [0.25, 0.3) is 0 Å². The highest BCUT2D eigenvalue weighted by molar-refractivity contribution is 5.94. The summed E-state index contributed by atoms with van der Waals surface area (Å²) in [6, 6.07) is 2.72. The van der Waals surface area contributed by atoms with Gasteiger partial charge in [-0.2, -0.15) is 0 Å². The van der Waals surface area contributed by atoms with Gasteiger partial charge in [0.1, 0.15) is 5.82 Å². The molecule has 6 nitrogen and oxygen atoms in total. The van der Waals surface area contributed by atoms with E-state index in [-0.39, 0.29) is 24.4 Å². The van der Waals surface area contributed by atoms with Crippen LogP contribution in [-0.2, 0) is 6.42 Å². The molecule has 2 rings (SSSR count). The van der Waals surface area contributed by atoms with Gasteiger partial charge in [0.15, 0.2) is 5.82 Å². The van der Waals surface area contributed by atoms with Crippen LogP contribution >= 0.6 is 0 Å². The van der Waals surface area contributed by atoms with Crippen LogP contribution in [-0.4, -0.2) is 22.6 Å². The zero-order valence-electron chi connectivity index (χ0n) is 10.5. The second-order valence-electron chi connectivity index (χ2n) is 4.08. The minimum atomic E-state index is -3.00. The van der Waals surface area contributed by atoms with Crippen molar-refractivity contribution in [3.05, 3.63) is 51.5 Å². The first-order chi connectivity index (χ1) is 9.97. The van der Waals surface area contributed by atoms with Gasteiger partial charge in [0.25, 0.3) is 12.3 Å². The Morgan fingerprint density at radius 3 is 2.81 bits per heavy atom. The van der Waals surface area contributed by atoms with E-state index in [0.29, 0.717) is 0 Å². The number of aromatic amines is 1. The molecule has 0 spiro atoms. The summed E-state index contributed by atoms with van der Waals surface area (Å²) in [4.78, 5) is 24.7. The van der Waals surface area contributed by atoms with Gasteiger partial charge in [0, 0.05) is 18.5 Å². The lowest BCUT2D eigenvalue weighted by atomic mass is 10.1. The van der Waals surface area contributed by atoms with Crippen molar-refractivity contribution in [3.8, 4) is 0 Å². The first-order valence-corrected chi connectivity index (χ1v) is 5.88. The molecule has 0 unspecified atom stereocenters. The largest absolute Gasteiger partial charge is 0.438 e. The van der Waals surface area contributed by atoms with Crippen LogP contribution in [0.4, 0.5) is 13.2 Å². The summed E-state index contributed by atoms with van der Waals surface area (Å²) >= 11 is 0. The molecule has 112 valence electrons. The smallest absolute Gasteiger partial charge is 0.352 e. The molecular weight excluding hydrogens is 291 g/mol. The number of carbonyl (C=O) groups excluding carboxylic acids is 1. The zero-order chi connectivity index (χ0) is 15.4. The van der Waals surface area contributed by atoms with E-state index in [1.807, 2.05) is 0 Å². The number of amides is 1. The third-order valence-corrected chi connectivity index (χ3v) is 2.63. The third-order valence-electron chi connectivity index (χ3n) is 2.63. The lowest BCUT2D eigenvalue weighted by molar-refractivity contribution is 0.0953. The van der Waals surface area contributed by atoms with Crippen molar-refractivity contribution >= 4 is 5.91 Å². The maximum atomic E-state index is 13.1. The fourth-order valence-corrected chi connectivity index (χ4v) is 1.62. The van der Waals surface area contributed by atoms with E-state index in [1.165, 1.54) is 0 Å². The summed E-state index contributed by atoms with van der Waals surface area (Å²) in [6.07, 6.45) is -2.81. The van der Waals surface area contributed by atoms with Crippen molar-refractivity contribution in [2.24, 2.45) is 0 Å². The van der Waals surface area contributed by atoms with Gasteiger partial charge in [-0.15, -0.1) is 0 Å². The predicted molar refractivity (Wildman–Crippen MR) is 64.5 cm³/mol. The number of nitrogens with one attached hydrogen (secondary N) is 2. The van der Waals surface area contributed by atoms with E-state index in [4.69, 9.17) is 0 Å². The number of nitrogens with zero attached hydrogens (tertiary/aromatic N) is 1. The number of hydrogen-bond acceptors (Lipinski definition) is 4. The molecule has 0 aliphatic carbocycles. The third kappa shape index (κ3) is 3.71. The molecule has 21 heavy (non-hydrogen) atoms. The first kappa shape index (κ1) is 14.8. The number of halogens is 3. The quantitative estimate of drug-likeness (QED) is 0.874. The highest BCUT2D eigenvalue weighted by Crippen LogP contribution is 2.22. The minimum absolute atomic E-state index is 0.0830. The lowest BCUT2D eigenvalue weighted by Gasteiger charge is -2.07. The molecule has 0 radical (unpaired) electrons. The Balaban J connectivity index is 1.97. The fraction of sp³-hybridized carbons (Fsp3) is 0.250. The first-order valence-electron chi connectivity index (χ1n) is 5.88. The average molecular weight is 301 g/mol. The van der Waals surface area contributed by atoms with Gasteiger partial charge in [0.05, 0.1) is 5.56 Å². The predicted octanol–water partition coefficient (Wildman–Crippen LogP) is 1.41. The molecule has 2 N–H and O–H groups in total. The normalized spacial score (nSPS) is 10.9. The zero-order valence-corrected chi connectivity index (χ0v) is 10.5. The van der Waals surface area contributed by atoms with Crippen LogP contribution < -0.4 is 11.1 Å². The molecule has 0 saturated carbocycles. The van der Waals surface area contributed by atoms with Crippen molar-refractivity contribution < 1.29 is 22.5 Å². The summed E-state index contributed by atoms with van der Waals surface area (Å²) < 4.78 is 42.4. The SMILES string of the molecule is O=C(NCCc1noc(=O)[nH]1)c1ccc(F)c(C(F)F)c1. The number of H-pyrrole nitrogens is 1. The van der Waals surface area contributed by atoms with Crippen molar-refractivity contribution in [1.29, 1.82) is 0 Å². The lowest BCUT2D eigenvalue weighted by Crippen LogP contribution is -2.26. The molecule has 0 aliphatic heterocycles. The van der Waals surface area contributed by atoms with Gasteiger partial charge < -0.3 is 5.32 Å². The van der Waals surface area contributed by atoms with Gasteiger partial charge in [-0.25, -0.2) is 18.0 Å². The fourth-order valence-electron chi connectivity index (χ4n) is 1.62. The Labute approximate surface area is 116 Å². The monoisotopic (exact) mass is 301 g/mol. The molecule has 1 aromatic carbocycles. The number of carbonyl (C=O) groups is 1. The van der Waals surface area contributed by atoms with E-state index < -0.39 is 29.5 Å². The Bertz CT molecular complexity index is 696. The maximum absolute atomic E-state index is 13.1. The Hall–Kier alpha value is -2.58. The summed E-state index contributed by atoms with van der Waals surface area (Å²) in [6.45, 7) is 0.0999. The van der Waals surface area contributed by atoms with Gasteiger partial charge in [-0.05, 0) is 18.2 Å². The molecule has 1 heterocycles. The van der Waals surface area contributed by atoms with Gasteiger partial charge in [-0.3, -0.25) is 14.3 Å². The molecule has 0 saturated heterocycles. The second kappa shape index (κ2) is 6.25. The Morgan fingerprint density at radius 2 is 2.19 bits per heavy atom. The van der Waals surface area contributed by atoms with E-state index >= 15 is 0 Å². The topological polar surface area (TPSA) is 88.0 Å². The standard InChI is InChI=1S/C12H10F3N3O3/c13-8-2-1-6(5-7(8)10(14)15)11(19)16-4-3-9-17-12(20)21-18-9/h1-2,5,10H,3-4H2,(H,16,19)(H,17,18,20). The molecule has 0 bridgehead atoms. The van der Waals surface area contributed by atoms with E-state index in [2.05, 4.69) is 20.0 Å². The van der Waals surface area contributed by atoms with Gasteiger partial charge in [-0.1, -0.05) is 5.16 Å². The molecule has 2 aromatic rings.